The molecule has 7 heteroatoms. The van der Waals surface area contributed by atoms with E-state index in [1.165, 1.54) is 10.9 Å². The number of carboxylic acids is 1. The van der Waals surface area contributed by atoms with Gasteiger partial charge in [-0.3, -0.25) is 4.79 Å². The molecule has 0 saturated carbocycles. The fourth-order valence-corrected chi connectivity index (χ4v) is 1.81. The molecule has 0 radical (unpaired) electrons. The largest absolute Gasteiger partial charge is 0.476 e. The van der Waals surface area contributed by atoms with Gasteiger partial charge in [0.2, 0.25) is 5.91 Å². The number of anilines is 1. The Hall–Kier alpha value is -2.70. The van der Waals surface area contributed by atoms with Crippen molar-refractivity contribution >= 4 is 17.6 Å². The first kappa shape index (κ1) is 13.7. The molecule has 1 amide bonds. The van der Waals surface area contributed by atoms with Crippen molar-refractivity contribution in [3.8, 4) is 0 Å². The van der Waals surface area contributed by atoms with Crippen molar-refractivity contribution in [3.05, 3.63) is 41.2 Å². The molecule has 0 bridgehead atoms. The summed E-state index contributed by atoms with van der Waals surface area (Å²) in [5.41, 5.74) is 2.49. The Balaban J connectivity index is 2.07. The van der Waals surface area contributed by atoms with Crippen molar-refractivity contribution in [1.29, 1.82) is 0 Å². The summed E-state index contributed by atoms with van der Waals surface area (Å²) in [4.78, 5) is 22.6. The fourth-order valence-electron chi connectivity index (χ4n) is 1.81. The number of carboxylic acid groups (broad SMARTS) is 1. The number of benzene rings is 1. The molecule has 7 nitrogen and oxygen atoms in total. The quantitative estimate of drug-likeness (QED) is 0.874. The average Bonchev–Trinajstić information content (AvgIpc) is 2.82. The Labute approximate surface area is 115 Å². The number of nitrogens with one attached hydrogen (secondary N) is 1. The van der Waals surface area contributed by atoms with Crippen LogP contribution in [0.2, 0.25) is 0 Å². The third-order valence-corrected chi connectivity index (χ3v) is 2.81. The van der Waals surface area contributed by atoms with Gasteiger partial charge < -0.3 is 10.4 Å². The van der Waals surface area contributed by atoms with Crippen LogP contribution < -0.4 is 5.32 Å². The Kier molecular flexibility index (Phi) is 3.79. The molecule has 104 valence electrons. The number of aryl methyl sites for hydroxylation is 2. The summed E-state index contributed by atoms with van der Waals surface area (Å²) in [6, 6.07) is 5.72. The van der Waals surface area contributed by atoms with Crippen LogP contribution in [0.1, 0.15) is 21.6 Å². The smallest absolute Gasteiger partial charge is 0.358 e. The third-order valence-electron chi connectivity index (χ3n) is 2.81. The number of aromatic nitrogens is 3. The van der Waals surface area contributed by atoms with E-state index in [4.69, 9.17) is 5.11 Å². The number of carbonyl (C=O) groups is 2. The van der Waals surface area contributed by atoms with E-state index < -0.39 is 5.97 Å². The highest BCUT2D eigenvalue weighted by Crippen LogP contribution is 2.19. The summed E-state index contributed by atoms with van der Waals surface area (Å²) in [7, 11) is 0. The molecule has 0 saturated heterocycles. The van der Waals surface area contributed by atoms with Gasteiger partial charge in [-0.25, -0.2) is 9.48 Å². The predicted molar refractivity (Wildman–Crippen MR) is 71.5 cm³/mol. The minimum Gasteiger partial charge on any atom is -0.476 e. The minimum absolute atomic E-state index is 0.0892. The van der Waals surface area contributed by atoms with Gasteiger partial charge in [0, 0.05) is 5.69 Å². The van der Waals surface area contributed by atoms with Crippen molar-refractivity contribution in [1.82, 2.24) is 15.0 Å². The summed E-state index contributed by atoms with van der Waals surface area (Å²) < 4.78 is 1.19. The number of hydrogen-bond donors (Lipinski definition) is 2. The van der Waals surface area contributed by atoms with Crippen molar-refractivity contribution in [2.45, 2.75) is 20.4 Å². The molecule has 20 heavy (non-hydrogen) atoms. The van der Waals surface area contributed by atoms with Crippen LogP contribution in [0.3, 0.4) is 0 Å². The van der Waals surface area contributed by atoms with Gasteiger partial charge in [-0.15, -0.1) is 5.10 Å². The number of carbonyl (C=O) groups excluding carboxylic acids is 1. The minimum atomic E-state index is -1.17. The highest BCUT2D eigenvalue weighted by molar-refractivity contribution is 5.92. The Bertz CT molecular complexity index is 643. The topological polar surface area (TPSA) is 97.1 Å². The van der Waals surface area contributed by atoms with Crippen LogP contribution in [0.4, 0.5) is 5.69 Å². The van der Waals surface area contributed by atoms with E-state index in [0.29, 0.717) is 0 Å². The summed E-state index contributed by atoms with van der Waals surface area (Å²) >= 11 is 0. The molecule has 0 aliphatic rings. The van der Waals surface area contributed by atoms with Crippen LogP contribution in [0, 0.1) is 13.8 Å². The summed E-state index contributed by atoms with van der Waals surface area (Å²) in [6.07, 6.45) is 1.21. The lowest BCUT2D eigenvalue weighted by Gasteiger charge is -2.11. The Morgan fingerprint density at radius 1 is 1.30 bits per heavy atom. The van der Waals surface area contributed by atoms with Crippen LogP contribution in [0.25, 0.3) is 0 Å². The van der Waals surface area contributed by atoms with Crippen LogP contribution >= 0.6 is 0 Å². The van der Waals surface area contributed by atoms with Crippen molar-refractivity contribution in [2.24, 2.45) is 0 Å². The first-order valence-corrected chi connectivity index (χ1v) is 5.97. The zero-order valence-corrected chi connectivity index (χ0v) is 11.1. The molecule has 2 rings (SSSR count). The molecule has 0 atom stereocenters. The zero-order chi connectivity index (χ0) is 14.7. The number of rotatable bonds is 4. The summed E-state index contributed by atoms with van der Waals surface area (Å²) in [6.45, 7) is 3.72. The van der Waals surface area contributed by atoms with Crippen molar-refractivity contribution in [3.63, 3.8) is 0 Å². The first-order valence-electron chi connectivity index (χ1n) is 5.97. The second-order valence-electron chi connectivity index (χ2n) is 4.42. The summed E-state index contributed by atoms with van der Waals surface area (Å²) in [5, 5.41) is 18.5. The van der Waals surface area contributed by atoms with Gasteiger partial charge in [0.1, 0.15) is 6.54 Å². The Morgan fingerprint density at radius 2 is 1.95 bits per heavy atom. The first-order chi connectivity index (χ1) is 9.47. The van der Waals surface area contributed by atoms with Gasteiger partial charge >= 0.3 is 5.97 Å². The normalized spacial score (nSPS) is 10.3. The number of para-hydroxylation sites is 1. The molecule has 1 aromatic carbocycles. The van der Waals surface area contributed by atoms with Crippen LogP contribution in [0.15, 0.2) is 24.4 Å². The maximum Gasteiger partial charge on any atom is 0.358 e. The number of hydrogen-bond acceptors (Lipinski definition) is 4. The molecule has 1 aromatic heterocycles. The van der Waals surface area contributed by atoms with E-state index in [1.807, 2.05) is 32.0 Å². The second kappa shape index (κ2) is 5.52. The van der Waals surface area contributed by atoms with Gasteiger partial charge in [-0.05, 0) is 25.0 Å². The zero-order valence-electron chi connectivity index (χ0n) is 11.1. The molecule has 1 heterocycles. The number of aromatic carboxylic acids is 1. The maximum absolute atomic E-state index is 11.9. The molecule has 2 aromatic rings. The van der Waals surface area contributed by atoms with Crippen molar-refractivity contribution in [2.75, 3.05) is 5.32 Å². The number of nitrogens with zero attached hydrogens (tertiary/aromatic N) is 3. The van der Waals surface area contributed by atoms with Crippen LogP contribution in [0.5, 0.6) is 0 Å². The van der Waals surface area contributed by atoms with Gasteiger partial charge in [0.05, 0.1) is 6.20 Å². The Morgan fingerprint density at radius 3 is 2.50 bits per heavy atom. The summed E-state index contributed by atoms with van der Waals surface area (Å²) in [5.74, 6) is -1.46. The van der Waals surface area contributed by atoms with Gasteiger partial charge in [-0.2, -0.15) is 0 Å². The predicted octanol–water partition coefficient (Wildman–Crippen LogP) is 1.23. The molecular formula is C13H14N4O3. The van der Waals surface area contributed by atoms with Crippen molar-refractivity contribution < 1.29 is 14.7 Å². The molecular weight excluding hydrogens is 260 g/mol. The van der Waals surface area contributed by atoms with Crippen LogP contribution in [-0.4, -0.2) is 32.0 Å². The molecule has 0 aliphatic heterocycles. The lowest BCUT2D eigenvalue weighted by Crippen LogP contribution is -2.20. The maximum atomic E-state index is 11.9. The monoisotopic (exact) mass is 274 g/mol. The average molecular weight is 274 g/mol. The van der Waals surface area contributed by atoms with E-state index in [1.54, 1.807) is 0 Å². The van der Waals surface area contributed by atoms with Gasteiger partial charge in [0.15, 0.2) is 5.69 Å². The highest BCUT2D eigenvalue weighted by atomic mass is 16.4. The molecule has 0 aliphatic carbocycles. The second-order valence-corrected chi connectivity index (χ2v) is 4.42. The highest BCUT2D eigenvalue weighted by Gasteiger charge is 2.12. The fraction of sp³-hybridized carbons (Fsp3) is 0.231. The number of amides is 1. The molecule has 0 unspecified atom stereocenters. The van der Waals surface area contributed by atoms with E-state index in [9.17, 15) is 9.59 Å². The van der Waals surface area contributed by atoms with Crippen LogP contribution in [-0.2, 0) is 11.3 Å². The molecule has 2 N–H and O–H groups in total. The molecule has 0 spiro atoms. The van der Waals surface area contributed by atoms with Gasteiger partial charge in [0.25, 0.3) is 0 Å². The molecule has 0 fully saturated rings. The van der Waals surface area contributed by atoms with E-state index in [0.717, 1.165) is 16.8 Å². The lowest BCUT2D eigenvalue weighted by molar-refractivity contribution is -0.116. The lowest BCUT2D eigenvalue weighted by atomic mass is 10.1. The van der Waals surface area contributed by atoms with E-state index >= 15 is 0 Å². The van der Waals surface area contributed by atoms with E-state index in [-0.39, 0.29) is 18.1 Å². The third kappa shape index (κ3) is 3.00. The standard InChI is InChI=1S/C13H14N4O3/c1-8-4-3-5-9(2)12(8)14-11(18)7-17-6-10(13(19)20)15-16-17/h3-6H,7H2,1-2H3,(H,14,18)(H,19,20). The van der Waals surface area contributed by atoms with E-state index in [2.05, 4.69) is 15.6 Å². The SMILES string of the molecule is Cc1cccc(C)c1NC(=O)Cn1cc(C(=O)O)nn1. The van der Waals surface area contributed by atoms with Gasteiger partial charge in [-0.1, -0.05) is 23.4 Å².